The van der Waals surface area contributed by atoms with Gasteiger partial charge in [0.1, 0.15) is 5.75 Å². The topological polar surface area (TPSA) is 110 Å². The molecule has 0 saturated heterocycles. The van der Waals surface area contributed by atoms with Crippen LogP contribution in [0.3, 0.4) is 0 Å². The zero-order chi connectivity index (χ0) is 18.3. The van der Waals surface area contributed by atoms with Gasteiger partial charge in [0.25, 0.3) is 5.91 Å². The second-order valence-electron chi connectivity index (χ2n) is 5.47. The van der Waals surface area contributed by atoms with Crippen molar-refractivity contribution in [3.05, 3.63) is 28.8 Å². The van der Waals surface area contributed by atoms with Gasteiger partial charge in [0.2, 0.25) is 0 Å². The number of nitrogens with two attached hydrogens (primary N) is 1. The predicted octanol–water partition coefficient (Wildman–Crippen LogP) is 1.52. The number of rotatable bonds is 7. The molecule has 24 heavy (non-hydrogen) atoms. The first-order chi connectivity index (χ1) is 11.3. The van der Waals surface area contributed by atoms with Crippen LogP contribution in [-0.2, 0) is 4.84 Å². The number of amides is 1. The van der Waals surface area contributed by atoms with Gasteiger partial charge in [-0.25, -0.2) is 0 Å². The van der Waals surface area contributed by atoms with Crippen molar-refractivity contribution in [3.63, 3.8) is 0 Å². The molecule has 0 aliphatic rings. The van der Waals surface area contributed by atoms with Crippen LogP contribution in [0.5, 0.6) is 5.75 Å². The second kappa shape index (κ2) is 8.76. The molecule has 0 unspecified atom stereocenters. The molecule has 1 rings (SSSR count). The average molecular weight is 336 g/mol. The number of hydrogen-bond donors (Lipinski definition) is 2. The zero-order valence-corrected chi connectivity index (χ0v) is 14.7. The molecule has 0 bridgehead atoms. The fraction of sp³-hybridized carbons (Fsp3) is 0.438. The number of methoxy groups -OCH3 is 1. The standard InChI is InChI=1S/C16H24N4O4/c1-10-6-13(7-14(23-5)12(10)3)16(21)20(4)8-11(2)19-24-9-15(17)18-22/h6-7,22H,8-9H2,1-5H3,(H2,17,18)/b19-11+. The van der Waals surface area contributed by atoms with Gasteiger partial charge in [0.15, 0.2) is 12.4 Å². The van der Waals surface area contributed by atoms with Gasteiger partial charge in [0, 0.05) is 12.6 Å². The highest BCUT2D eigenvalue weighted by molar-refractivity contribution is 5.97. The summed E-state index contributed by atoms with van der Waals surface area (Å²) in [7, 11) is 3.25. The lowest BCUT2D eigenvalue weighted by atomic mass is 10.0. The molecule has 0 atom stereocenters. The molecule has 0 fully saturated rings. The minimum absolute atomic E-state index is 0.0850. The summed E-state index contributed by atoms with van der Waals surface area (Å²) in [6.07, 6.45) is 0. The van der Waals surface area contributed by atoms with Crippen molar-refractivity contribution in [2.45, 2.75) is 20.8 Å². The minimum Gasteiger partial charge on any atom is -0.496 e. The number of oxime groups is 2. The first-order valence-electron chi connectivity index (χ1n) is 7.32. The number of hydrogen-bond acceptors (Lipinski definition) is 6. The maximum Gasteiger partial charge on any atom is 0.254 e. The van der Waals surface area contributed by atoms with Crippen LogP contribution >= 0.6 is 0 Å². The van der Waals surface area contributed by atoms with Gasteiger partial charge in [-0.3, -0.25) is 4.79 Å². The molecule has 0 aromatic heterocycles. The van der Waals surface area contributed by atoms with Crippen LogP contribution in [0, 0.1) is 13.8 Å². The third kappa shape index (κ3) is 5.15. The number of ether oxygens (including phenoxy) is 1. The lowest BCUT2D eigenvalue weighted by Crippen LogP contribution is -2.31. The molecular formula is C16H24N4O4. The van der Waals surface area contributed by atoms with Gasteiger partial charge in [0.05, 0.1) is 19.4 Å². The number of amidine groups is 1. The summed E-state index contributed by atoms with van der Waals surface area (Å²) in [5, 5.41) is 15.0. The summed E-state index contributed by atoms with van der Waals surface area (Å²) in [5.41, 5.74) is 8.38. The van der Waals surface area contributed by atoms with E-state index in [1.165, 1.54) is 4.90 Å². The Balaban J connectivity index is 2.77. The van der Waals surface area contributed by atoms with E-state index < -0.39 is 0 Å². The smallest absolute Gasteiger partial charge is 0.254 e. The van der Waals surface area contributed by atoms with Crippen molar-refractivity contribution >= 4 is 17.5 Å². The molecule has 0 heterocycles. The summed E-state index contributed by atoms with van der Waals surface area (Å²) in [4.78, 5) is 19.0. The summed E-state index contributed by atoms with van der Waals surface area (Å²) in [5.74, 6) is 0.444. The Morgan fingerprint density at radius 3 is 2.62 bits per heavy atom. The van der Waals surface area contributed by atoms with Gasteiger partial charge in [-0.2, -0.15) is 0 Å². The van der Waals surface area contributed by atoms with Gasteiger partial charge in [-0.15, -0.1) is 0 Å². The molecule has 0 aliphatic carbocycles. The summed E-state index contributed by atoms with van der Waals surface area (Å²) in [6, 6.07) is 3.56. The van der Waals surface area contributed by atoms with Crippen molar-refractivity contribution in [1.82, 2.24) is 4.90 Å². The molecule has 1 aromatic rings. The Morgan fingerprint density at radius 2 is 2.04 bits per heavy atom. The van der Waals surface area contributed by atoms with E-state index >= 15 is 0 Å². The third-order valence-electron chi connectivity index (χ3n) is 3.46. The second-order valence-corrected chi connectivity index (χ2v) is 5.47. The first kappa shape index (κ1) is 19.3. The van der Waals surface area contributed by atoms with E-state index in [4.69, 9.17) is 20.5 Å². The quantitative estimate of drug-likeness (QED) is 0.339. The monoisotopic (exact) mass is 336 g/mol. The highest BCUT2D eigenvalue weighted by Crippen LogP contribution is 2.23. The molecule has 1 amide bonds. The third-order valence-corrected chi connectivity index (χ3v) is 3.46. The van der Waals surface area contributed by atoms with Crippen molar-refractivity contribution in [1.29, 1.82) is 0 Å². The van der Waals surface area contributed by atoms with Gasteiger partial charge in [-0.05, 0) is 44.0 Å². The Kier molecular flexibility index (Phi) is 7.03. The molecule has 8 nitrogen and oxygen atoms in total. The minimum atomic E-state index is -0.151. The number of carbonyl (C=O) groups is 1. The Morgan fingerprint density at radius 1 is 1.38 bits per heavy atom. The molecule has 0 radical (unpaired) electrons. The highest BCUT2D eigenvalue weighted by Gasteiger charge is 2.16. The van der Waals surface area contributed by atoms with E-state index in [0.29, 0.717) is 17.0 Å². The molecule has 0 saturated carbocycles. The molecule has 8 heteroatoms. The maximum absolute atomic E-state index is 12.5. The van der Waals surface area contributed by atoms with E-state index in [-0.39, 0.29) is 24.9 Å². The number of aryl methyl sites for hydroxylation is 1. The van der Waals surface area contributed by atoms with E-state index in [1.54, 1.807) is 27.1 Å². The van der Waals surface area contributed by atoms with Crippen LogP contribution in [-0.4, -0.2) is 54.9 Å². The molecule has 0 spiro atoms. The lowest BCUT2D eigenvalue weighted by Gasteiger charge is -2.18. The normalized spacial score (nSPS) is 12.0. The highest BCUT2D eigenvalue weighted by atomic mass is 16.6. The maximum atomic E-state index is 12.5. The van der Waals surface area contributed by atoms with Crippen molar-refractivity contribution in [3.8, 4) is 5.75 Å². The van der Waals surface area contributed by atoms with E-state index in [9.17, 15) is 4.79 Å². The van der Waals surface area contributed by atoms with Gasteiger partial charge < -0.3 is 25.4 Å². The van der Waals surface area contributed by atoms with E-state index in [2.05, 4.69) is 10.3 Å². The average Bonchev–Trinajstić information content (AvgIpc) is 2.56. The van der Waals surface area contributed by atoms with Crippen LogP contribution in [0.2, 0.25) is 0 Å². The molecule has 1 aromatic carbocycles. The number of benzene rings is 1. The Bertz CT molecular complexity index is 656. The van der Waals surface area contributed by atoms with Crippen LogP contribution in [0.1, 0.15) is 28.4 Å². The molecule has 3 N–H and O–H groups in total. The van der Waals surface area contributed by atoms with Gasteiger partial charge in [-0.1, -0.05) is 10.3 Å². The van der Waals surface area contributed by atoms with Crippen LogP contribution < -0.4 is 10.5 Å². The molecule has 0 aliphatic heterocycles. The van der Waals surface area contributed by atoms with E-state index in [1.807, 2.05) is 19.9 Å². The number of nitrogens with zero attached hydrogens (tertiary/aromatic N) is 3. The largest absolute Gasteiger partial charge is 0.496 e. The van der Waals surface area contributed by atoms with Crippen molar-refractivity contribution < 1.29 is 19.6 Å². The lowest BCUT2D eigenvalue weighted by molar-refractivity contribution is 0.0812. The summed E-state index contributed by atoms with van der Waals surface area (Å²) >= 11 is 0. The van der Waals surface area contributed by atoms with Crippen LogP contribution in [0.4, 0.5) is 0 Å². The Labute approximate surface area is 141 Å². The van der Waals surface area contributed by atoms with Crippen molar-refractivity contribution in [2.24, 2.45) is 16.0 Å². The summed E-state index contributed by atoms with van der Waals surface area (Å²) in [6.45, 7) is 5.76. The molecular weight excluding hydrogens is 312 g/mol. The summed E-state index contributed by atoms with van der Waals surface area (Å²) < 4.78 is 5.31. The Hall–Kier alpha value is -2.77. The van der Waals surface area contributed by atoms with E-state index in [0.717, 1.165) is 11.1 Å². The van der Waals surface area contributed by atoms with Gasteiger partial charge >= 0.3 is 0 Å². The SMILES string of the molecule is COc1cc(C(=O)N(C)C/C(C)=N/OC/C(N)=N\O)cc(C)c1C. The van der Waals surface area contributed by atoms with Crippen molar-refractivity contribution in [2.75, 3.05) is 27.3 Å². The first-order valence-corrected chi connectivity index (χ1v) is 7.32. The predicted molar refractivity (Wildman–Crippen MR) is 91.9 cm³/mol. The fourth-order valence-corrected chi connectivity index (χ4v) is 2.06. The number of carbonyl (C=O) groups excluding carboxylic acids is 1. The molecule has 132 valence electrons. The van der Waals surface area contributed by atoms with Crippen LogP contribution in [0.15, 0.2) is 22.4 Å². The zero-order valence-electron chi connectivity index (χ0n) is 14.7. The van der Waals surface area contributed by atoms with Crippen LogP contribution in [0.25, 0.3) is 0 Å². The fourth-order valence-electron chi connectivity index (χ4n) is 2.06.